The van der Waals surface area contributed by atoms with Gasteiger partial charge < -0.3 is 20.4 Å². The van der Waals surface area contributed by atoms with E-state index in [0.717, 1.165) is 0 Å². The molecule has 4 rings (SSSR count). The minimum absolute atomic E-state index is 0. The number of benzene rings is 4. The van der Waals surface area contributed by atoms with Crippen molar-refractivity contribution in [1.82, 2.24) is 0 Å². The van der Waals surface area contributed by atoms with Gasteiger partial charge in [-0.05, 0) is 48.5 Å². The van der Waals surface area contributed by atoms with Crippen LogP contribution in [-0.2, 0) is 0 Å². The third-order valence-corrected chi connectivity index (χ3v) is 4.08. The number of carboxylic acids is 4. The van der Waals surface area contributed by atoms with E-state index >= 15 is 0 Å². The van der Waals surface area contributed by atoms with E-state index in [4.69, 9.17) is 20.4 Å². The number of aromatic carboxylic acids is 4. The van der Waals surface area contributed by atoms with Crippen LogP contribution in [-0.4, -0.2) is 71.6 Å². The molecule has 0 aliphatic heterocycles. The van der Waals surface area contributed by atoms with Crippen LogP contribution in [0.2, 0.25) is 0 Å². The molecule has 188 valence electrons. The molecule has 0 atom stereocenters. The summed E-state index contributed by atoms with van der Waals surface area (Å²) in [6.45, 7) is 0. The summed E-state index contributed by atoms with van der Waals surface area (Å²) >= 11 is 0. The van der Waals surface area contributed by atoms with Gasteiger partial charge in [-0.1, -0.05) is 72.8 Å². The molecule has 4 N–H and O–H groups in total. The van der Waals surface area contributed by atoms with Crippen LogP contribution in [0.15, 0.2) is 121 Å². The molecule has 0 unspecified atom stereocenters. The first-order valence-electron chi connectivity index (χ1n) is 10.4. The molecule has 4 aromatic rings. The molecule has 0 fully saturated rings. The van der Waals surface area contributed by atoms with Crippen molar-refractivity contribution in [1.29, 1.82) is 0 Å². The Morgan fingerprint density at radius 3 is 0.541 bits per heavy atom. The van der Waals surface area contributed by atoms with Gasteiger partial charge in [0.2, 0.25) is 0 Å². The van der Waals surface area contributed by atoms with Crippen LogP contribution in [0, 0.1) is 0 Å². The first-order valence-corrected chi connectivity index (χ1v) is 10.4. The molecule has 8 nitrogen and oxygen atoms in total. The Morgan fingerprint density at radius 2 is 0.459 bits per heavy atom. The molecule has 4 radical (unpaired) electrons. The van der Waals surface area contributed by atoms with Crippen molar-refractivity contribution in [3.63, 3.8) is 0 Å². The SMILES string of the molecule is O=C(O)c1ccccc1.O=C(O)c1ccccc1.O=C(O)c1ccccc1.O=C(O)c1ccccc1.[Pb]. The van der Waals surface area contributed by atoms with E-state index < -0.39 is 23.9 Å². The summed E-state index contributed by atoms with van der Waals surface area (Å²) in [7, 11) is 0. The molecule has 0 aliphatic carbocycles. The van der Waals surface area contributed by atoms with Crippen LogP contribution in [0.25, 0.3) is 0 Å². The van der Waals surface area contributed by atoms with Gasteiger partial charge in [0.15, 0.2) is 0 Å². The first-order chi connectivity index (χ1) is 17.2. The zero-order valence-electron chi connectivity index (χ0n) is 19.5. The van der Waals surface area contributed by atoms with Crippen molar-refractivity contribution in [3.8, 4) is 0 Å². The second-order valence-electron chi connectivity index (χ2n) is 6.68. The largest absolute Gasteiger partial charge is 0.478 e. The van der Waals surface area contributed by atoms with E-state index in [1.54, 1.807) is 121 Å². The quantitative estimate of drug-likeness (QED) is 0.214. The normalized spacial score (nSPS) is 8.65. The Bertz CT molecular complexity index is 1020. The monoisotopic (exact) mass is 696 g/mol. The molecule has 0 aliphatic rings. The van der Waals surface area contributed by atoms with E-state index in [1.807, 2.05) is 0 Å². The second kappa shape index (κ2) is 18.9. The molecular weight excluding hydrogens is 672 g/mol. The zero-order valence-corrected chi connectivity index (χ0v) is 23.4. The van der Waals surface area contributed by atoms with Gasteiger partial charge in [0, 0.05) is 27.3 Å². The van der Waals surface area contributed by atoms with E-state index in [0.29, 0.717) is 22.3 Å². The number of rotatable bonds is 4. The Balaban J connectivity index is 0.000000463. The Morgan fingerprint density at radius 1 is 0.324 bits per heavy atom. The van der Waals surface area contributed by atoms with Gasteiger partial charge in [-0.3, -0.25) is 0 Å². The van der Waals surface area contributed by atoms with Crippen LogP contribution in [0.1, 0.15) is 41.4 Å². The molecule has 0 aromatic heterocycles. The number of hydrogen-bond acceptors (Lipinski definition) is 4. The van der Waals surface area contributed by atoms with E-state index in [2.05, 4.69) is 0 Å². The molecule has 9 heteroatoms. The minimum atomic E-state index is -0.879. The van der Waals surface area contributed by atoms with Crippen LogP contribution in [0.3, 0.4) is 0 Å². The van der Waals surface area contributed by atoms with Crippen molar-refractivity contribution in [2.45, 2.75) is 0 Å². The van der Waals surface area contributed by atoms with Crippen LogP contribution >= 0.6 is 0 Å². The fourth-order valence-electron chi connectivity index (χ4n) is 2.32. The van der Waals surface area contributed by atoms with Gasteiger partial charge >= 0.3 is 23.9 Å². The summed E-state index contributed by atoms with van der Waals surface area (Å²) in [4.78, 5) is 40.8. The van der Waals surface area contributed by atoms with Gasteiger partial charge in [-0.25, -0.2) is 19.2 Å². The van der Waals surface area contributed by atoms with Crippen LogP contribution in [0.5, 0.6) is 0 Å². The maximum absolute atomic E-state index is 10.2. The smallest absolute Gasteiger partial charge is 0.335 e. The predicted octanol–water partition coefficient (Wildman–Crippen LogP) is 5.16. The van der Waals surface area contributed by atoms with Crippen LogP contribution < -0.4 is 0 Å². The topological polar surface area (TPSA) is 149 Å². The average molecular weight is 696 g/mol. The Hall–Kier alpha value is -4.32. The maximum atomic E-state index is 10.2. The van der Waals surface area contributed by atoms with Crippen molar-refractivity contribution in [2.24, 2.45) is 0 Å². The fraction of sp³-hybridized carbons (Fsp3) is 0. The van der Waals surface area contributed by atoms with Gasteiger partial charge in [-0.2, -0.15) is 0 Å². The van der Waals surface area contributed by atoms with Crippen LogP contribution in [0.4, 0.5) is 0 Å². The summed E-state index contributed by atoms with van der Waals surface area (Å²) in [5.41, 5.74) is 1.32. The molecule has 0 spiro atoms. The second-order valence-corrected chi connectivity index (χ2v) is 6.68. The molecule has 0 amide bonds. The fourth-order valence-corrected chi connectivity index (χ4v) is 2.32. The molecule has 4 aromatic carbocycles. The maximum Gasteiger partial charge on any atom is 0.335 e. The van der Waals surface area contributed by atoms with Gasteiger partial charge in [-0.15, -0.1) is 0 Å². The van der Waals surface area contributed by atoms with E-state index in [9.17, 15) is 19.2 Å². The van der Waals surface area contributed by atoms with Crippen molar-refractivity contribution in [3.05, 3.63) is 144 Å². The number of carboxylic acid groups (broad SMARTS) is 4. The summed E-state index contributed by atoms with van der Waals surface area (Å²) in [6, 6.07) is 33.2. The first kappa shape index (κ1) is 32.7. The van der Waals surface area contributed by atoms with E-state index in [-0.39, 0.29) is 27.3 Å². The minimum Gasteiger partial charge on any atom is -0.478 e. The summed E-state index contributed by atoms with van der Waals surface area (Å²) in [5.74, 6) is -3.52. The number of carbonyl (C=O) groups is 4. The average Bonchev–Trinajstić information content (AvgIpc) is 2.92. The molecular formula is C28H24O8Pb. The summed E-state index contributed by atoms with van der Waals surface area (Å²) in [6.07, 6.45) is 0. The van der Waals surface area contributed by atoms with Crippen molar-refractivity contribution in [2.75, 3.05) is 0 Å². The molecule has 0 bridgehead atoms. The molecule has 0 saturated carbocycles. The Labute approximate surface area is 233 Å². The third-order valence-electron chi connectivity index (χ3n) is 4.08. The third kappa shape index (κ3) is 14.6. The molecule has 0 saturated heterocycles. The number of hydrogen-bond donors (Lipinski definition) is 4. The predicted molar refractivity (Wildman–Crippen MR) is 139 cm³/mol. The zero-order chi connectivity index (χ0) is 26.8. The summed E-state index contributed by atoms with van der Waals surface area (Å²) in [5, 5.41) is 33.5. The van der Waals surface area contributed by atoms with Crippen molar-refractivity contribution < 1.29 is 39.6 Å². The van der Waals surface area contributed by atoms with E-state index in [1.165, 1.54) is 0 Å². The molecule has 37 heavy (non-hydrogen) atoms. The Kier molecular flexibility index (Phi) is 16.7. The van der Waals surface area contributed by atoms with Crippen molar-refractivity contribution >= 4 is 51.2 Å². The standard InChI is InChI=1S/4C7H6O2.Pb/c4*8-7(9)6-4-2-1-3-5-6;/h4*1-5H,(H,8,9);. The van der Waals surface area contributed by atoms with Gasteiger partial charge in [0.1, 0.15) is 0 Å². The van der Waals surface area contributed by atoms with Gasteiger partial charge in [0.25, 0.3) is 0 Å². The van der Waals surface area contributed by atoms with Gasteiger partial charge in [0.05, 0.1) is 22.3 Å². The summed E-state index contributed by atoms with van der Waals surface area (Å²) < 4.78 is 0. The molecule has 0 heterocycles.